The lowest BCUT2D eigenvalue weighted by Gasteiger charge is -2.39. The van der Waals surface area contributed by atoms with Crippen molar-refractivity contribution in [3.8, 4) is 0 Å². The van der Waals surface area contributed by atoms with Crippen molar-refractivity contribution < 1.29 is 4.79 Å². The Morgan fingerprint density at radius 3 is 2.82 bits per heavy atom. The normalized spacial score (nSPS) is 27.6. The Bertz CT molecular complexity index is 280. The van der Waals surface area contributed by atoms with Gasteiger partial charge in [0.05, 0.1) is 0 Å². The monoisotopic (exact) mass is 239 g/mol. The van der Waals surface area contributed by atoms with Crippen LogP contribution in [0.3, 0.4) is 0 Å². The number of nitrogens with two attached hydrogens (primary N) is 1. The van der Waals surface area contributed by atoms with E-state index in [0.717, 1.165) is 45.6 Å². The molecule has 0 aromatic heterocycles. The molecule has 2 heterocycles. The minimum Gasteiger partial charge on any atom is -0.337 e. The topological polar surface area (TPSA) is 49.6 Å². The Morgan fingerprint density at radius 1 is 1.41 bits per heavy atom. The molecular formula is C13H25N3O. The largest absolute Gasteiger partial charge is 0.337 e. The van der Waals surface area contributed by atoms with E-state index in [-0.39, 0.29) is 0 Å². The molecule has 4 nitrogen and oxygen atoms in total. The Hall–Kier alpha value is -0.610. The second kappa shape index (κ2) is 5.36. The van der Waals surface area contributed by atoms with E-state index < -0.39 is 0 Å². The molecule has 0 saturated carbocycles. The van der Waals surface area contributed by atoms with Crippen LogP contribution in [0.15, 0.2) is 0 Å². The molecule has 17 heavy (non-hydrogen) atoms. The third kappa shape index (κ3) is 2.80. The molecule has 0 aliphatic carbocycles. The van der Waals surface area contributed by atoms with Crippen molar-refractivity contribution in [3.63, 3.8) is 0 Å². The number of piperazine rings is 1. The maximum Gasteiger partial charge on any atom is 0.222 e. The van der Waals surface area contributed by atoms with Crippen LogP contribution in [0.25, 0.3) is 0 Å². The van der Waals surface area contributed by atoms with E-state index in [1.54, 1.807) is 0 Å². The summed E-state index contributed by atoms with van der Waals surface area (Å²) in [7, 11) is 0. The van der Waals surface area contributed by atoms with Crippen molar-refractivity contribution in [1.82, 2.24) is 9.80 Å². The molecule has 2 N–H and O–H groups in total. The fourth-order valence-corrected chi connectivity index (χ4v) is 2.98. The van der Waals surface area contributed by atoms with E-state index in [1.165, 1.54) is 0 Å². The summed E-state index contributed by atoms with van der Waals surface area (Å²) in [5, 5.41) is 0. The third-order valence-electron chi connectivity index (χ3n) is 4.32. The standard InChI is InChI=1S/C13H25N3O/c1-10(2)11(7-14)8-15-5-6-16-12(9-15)3-4-13(16)17/h10-12H,3-9,14H2,1-2H3. The van der Waals surface area contributed by atoms with Crippen LogP contribution < -0.4 is 5.73 Å². The van der Waals surface area contributed by atoms with E-state index in [1.807, 2.05) is 0 Å². The van der Waals surface area contributed by atoms with Crippen molar-refractivity contribution >= 4 is 5.91 Å². The summed E-state index contributed by atoms with van der Waals surface area (Å²) in [5.74, 6) is 1.58. The summed E-state index contributed by atoms with van der Waals surface area (Å²) in [6.45, 7) is 9.33. The number of amides is 1. The minimum absolute atomic E-state index is 0.355. The number of nitrogens with zero attached hydrogens (tertiary/aromatic N) is 2. The summed E-state index contributed by atoms with van der Waals surface area (Å²) >= 11 is 0. The molecule has 0 aromatic rings. The Morgan fingerprint density at radius 2 is 2.18 bits per heavy atom. The molecule has 2 saturated heterocycles. The highest BCUT2D eigenvalue weighted by atomic mass is 16.2. The molecule has 0 aromatic carbocycles. The van der Waals surface area contributed by atoms with Crippen molar-refractivity contribution in [2.75, 3.05) is 32.7 Å². The highest BCUT2D eigenvalue weighted by molar-refractivity contribution is 5.78. The molecule has 2 rings (SSSR count). The highest BCUT2D eigenvalue weighted by Crippen LogP contribution is 2.23. The molecule has 2 aliphatic heterocycles. The molecule has 4 heteroatoms. The van der Waals surface area contributed by atoms with Gasteiger partial charge in [0.15, 0.2) is 0 Å². The molecule has 0 radical (unpaired) electrons. The number of carbonyl (C=O) groups is 1. The summed E-state index contributed by atoms with van der Waals surface area (Å²) in [4.78, 5) is 16.2. The van der Waals surface area contributed by atoms with Crippen LogP contribution in [0.4, 0.5) is 0 Å². The van der Waals surface area contributed by atoms with Gasteiger partial charge in [0, 0.05) is 38.6 Å². The third-order valence-corrected chi connectivity index (χ3v) is 4.32. The lowest BCUT2D eigenvalue weighted by Crippen LogP contribution is -2.53. The van der Waals surface area contributed by atoms with Crippen LogP contribution in [0, 0.1) is 11.8 Å². The molecular weight excluding hydrogens is 214 g/mol. The van der Waals surface area contributed by atoms with Gasteiger partial charge in [-0.15, -0.1) is 0 Å². The van der Waals surface area contributed by atoms with Gasteiger partial charge in [-0.1, -0.05) is 13.8 Å². The van der Waals surface area contributed by atoms with Gasteiger partial charge in [-0.2, -0.15) is 0 Å². The van der Waals surface area contributed by atoms with Gasteiger partial charge in [0.25, 0.3) is 0 Å². The molecule has 0 bridgehead atoms. The van der Waals surface area contributed by atoms with E-state index >= 15 is 0 Å². The first-order valence-electron chi connectivity index (χ1n) is 6.83. The van der Waals surface area contributed by atoms with Gasteiger partial charge in [-0.05, 0) is 24.8 Å². The Labute approximate surface area is 104 Å². The fraction of sp³-hybridized carbons (Fsp3) is 0.923. The zero-order valence-corrected chi connectivity index (χ0v) is 11.1. The molecule has 98 valence electrons. The Balaban J connectivity index is 1.86. The first-order valence-corrected chi connectivity index (χ1v) is 6.83. The number of rotatable bonds is 4. The quantitative estimate of drug-likeness (QED) is 0.778. The van der Waals surface area contributed by atoms with Crippen LogP contribution in [0.2, 0.25) is 0 Å². The fourth-order valence-electron chi connectivity index (χ4n) is 2.98. The maximum absolute atomic E-state index is 11.6. The van der Waals surface area contributed by atoms with Gasteiger partial charge >= 0.3 is 0 Å². The molecule has 1 amide bonds. The van der Waals surface area contributed by atoms with Crippen molar-refractivity contribution in [3.05, 3.63) is 0 Å². The van der Waals surface area contributed by atoms with Gasteiger partial charge in [-0.25, -0.2) is 0 Å². The highest BCUT2D eigenvalue weighted by Gasteiger charge is 2.35. The second-order valence-electron chi connectivity index (χ2n) is 5.78. The molecule has 0 spiro atoms. The van der Waals surface area contributed by atoms with Crippen LogP contribution >= 0.6 is 0 Å². The van der Waals surface area contributed by atoms with Crippen LogP contribution in [-0.2, 0) is 4.79 Å². The SMILES string of the molecule is CC(C)C(CN)CN1CCN2C(=O)CCC2C1. The van der Waals surface area contributed by atoms with Gasteiger partial charge < -0.3 is 10.6 Å². The molecule has 2 fully saturated rings. The number of fused-ring (bicyclic) bond motifs is 1. The summed E-state index contributed by atoms with van der Waals surface area (Å²) in [6, 6.07) is 0.474. The smallest absolute Gasteiger partial charge is 0.222 e. The average molecular weight is 239 g/mol. The van der Waals surface area contributed by atoms with Crippen LogP contribution in [-0.4, -0.2) is 54.5 Å². The molecule has 2 unspecified atom stereocenters. The predicted molar refractivity (Wildman–Crippen MR) is 68.6 cm³/mol. The van der Waals surface area contributed by atoms with Crippen LogP contribution in [0.5, 0.6) is 0 Å². The zero-order valence-electron chi connectivity index (χ0n) is 11.1. The van der Waals surface area contributed by atoms with E-state index in [4.69, 9.17) is 5.73 Å². The molecule has 2 aliphatic rings. The van der Waals surface area contributed by atoms with E-state index in [0.29, 0.717) is 23.8 Å². The zero-order chi connectivity index (χ0) is 12.4. The van der Waals surface area contributed by atoms with Gasteiger partial charge in [-0.3, -0.25) is 9.69 Å². The number of carbonyl (C=O) groups excluding carboxylic acids is 1. The van der Waals surface area contributed by atoms with Gasteiger partial charge in [0.2, 0.25) is 5.91 Å². The lowest BCUT2D eigenvalue weighted by molar-refractivity contribution is -0.130. The first kappa shape index (κ1) is 12.8. The molecule has 2 atom stereocenters. The van der Waals surface area contributed by atoms with Crippen molar-refractivity contribution in [1.29, 1.82) is 0 Å². The van der Waals surface area contributed by atoms with E-state index in [9.17, 15) is 4.79 Å². The minimum atomic E-state index is 0.355. The lowest BCUT2D eigenvalue weighted by atomic mass is 9.95. The first-order chi connectivity index (χ1) is 8.11. The van der Waals surface area contributed by atoms with Crippen molar-refractivity contribution in [2.24, 2.45) is 17.6 Å². The number of hydrogen-bond acceptors (Lipinski definition) is 3. The summed E-state index contributed by atoms with van der Waals surface area (Å²) in [6.07, 6.45) is 1.80. The second-order valence-corrected chi connectivity index (χ2v) is 5.78. The van der Waals surface area contributed by atoms with Crippen molar-refractivity contribution in [2.45, 2.75) is 32.7 Å². The Kier molecular flexibility index (Phi) is 4.05. The van der Waals surface area contributed by atoms with Gasteiger partial charge in [0.1, 0.15) is 0 Å². The number of hydrogen-bond donors (Lipinski definition) is 1. The summed E-state index contributed by atoms with van der Waals surface area (Å²) < 4.78 is 0. The maximum atomic E-state index is 11.6. The van der Waals surface area contributed by atoms with Crippen LogP contribution in [0.1, 0.15) is 26.7 Å². The summed E-state index contributed by atoms with van der Waals surface area (Å²) in [5.41, 5.74) is 5.83. The predicted octanol–water partition coefficient (Wildman–Crippen LogP) is 0.524. The van der Waals surface area contributed by atoms with E-state index in [2.05, 4.69) is 23.6 Å². The average Bonchev–Trinajstić information content (AvgIpc) is 2.67.